The maximum absolute atomic E-state index is 5.59. The molecule has 2 N–H and O–H groups in total. The summed E-state index contributed by atoms with van der Waals surface area (Å²) in [6.07, 6.45) is 4.15. The number of likely N-dealkylation sites (tertiary alicyclic amines) is 1. The lowest BCUT2D eigenvalue weighted by Crippen LogP contribution is -2.25. The van der Waals surface area contributed by atoms with E-state index in [1.165, 1.54) is 12.1 Å². The summed E-state index contributed by atoms with van der Waals surface area (Å²) in [5, 5.41) is 12.4. The summed E-state index contributed by atoms with van der Waals surface area (Å²) in [4.78, 5) is 2.43. The Hall–Kier alpha value is -1.95. The van der Waals surface area contributed by atoms with Gasteiger partial charge in [0.15, 0.2) is 0 Å². The Morgan fingerprint density at radius 2 is 2.21 bits per heavy atom. The van der Waals surface area contributed by atoms with E-state index in [2.05, 4.69) is 26.3 Å². The fraction of sp³-hybridized carbons (Fsp3) is 0.462. The molecule has 0 amide bonds. The lowest BCUT2D eigenvalue weighted by Gasteiger charge is -2.23. The molecule has 1 unspecified atom stereocenters. The van der Waals surface area contributed by atoms with Gasteiger partial charge in [0.1, 0.15) is 5.82 Å². The first-order chi connectivity index (χ1) is 9.24. The van der Waals surface area contributed by atoms with E-state index in [-0.39, 0.29) is 0 Å². The SMILES string of the molecule is Cn1nccc1CN1CCCC1c1ccc(N)nn1. The average Bonchev–Trinajstić information content (AvgIpc) is 3.01. The van der Waals surface area contributed by atoms with Crippen LogP contribution in [-0.2, 0) is 13.6 Å². The number of anilines is 1. The Labute approximate surface area is 112 Å². The minimum atomic E-state index is 0.336. The van der Waals surface area contributed by atoms with E-state index in [0.717, 1.165) is 25.2 Å². The van der Waals surface area contributed by atoms with Crippen molar-refractivity contribution in [3.8, 4) is 0 Å². The van der Waals surface area contributed by atoms with Crippen molar-refractivity contribution in [2.45, 2.75) is 25.4 Å². The molecule has 1 aliphatic rings. The van der Waals surface area contributed by atoms with Crippen molar-refractivity contribution in [1.82, 2.24) is 24.9 Å². The van der Waals surface area contributed by atoms with Gasteiger partial charge in [-0.25, -0.2) is 0 Å². The summed E-state index contributed by atoms with van der Waals surface area (Å²) >= 11 is 0. The van der Waals surface area contributed by atoms with Gasteiger partial charge in [-0.05, 0) is 37.6 Å². The van der Waals surface area contributed by atoms with Crippen molar-refractivity contribution in [2.24, 2.45) is 7.05 Å². The second kappa shape index (κ2) is 4.97. The van der Waals surface area contributed by atoms with Gasteiger partial charge in [0, 0.05) is 19.8 Å². The van der Waals surface area contributed by atoms with E-state index in [0.29, 0.717) is 11.9 Å². The Morgan fingerprint density at radius 3 is 2.89 bits per heavy atom. The van der Waals surface area contributed by atoms with Gasteiger partial charge in [-0.2, -0.15) is 10.2 Å². The number of aromatic nitrogens is 4. The molecular formula is C13H18N6. The van der Waals surface area contributed by atoms with Crippen LogP contribution < -0.4 is 5.73 Å². The molecule has 100 valence electrons. The van der Waals surface area contributed by atoms with E-state index in [9.17, 15) is 0 Å². The van der Waals surface area contributed by atoms with Crippen LogP contribution in [-0.4, -0.2) is 31.4 Å². The lowest BCUT2D eigenvalue weighted by atomic mass is 10.1. The zero-order valence-electron chi connectivity index (χ0n) is 11.0. The topological polar surface area (TPSA) is 72.9 Å². The number of nitrogens with zero attached hydrogens (tertiary/aromatic N) is 5. The molecule has 2 aromatic rings. The maximum Gasteiger partial charge on any atom is 0.146 e. The molecular weight excluding hydrogens is 240 g/mol. The van der Waals surface area contributed by atoms with Crippen LogP contribution in [0.5, 0.6) is 0 Å². The highest BCUT2D eigenvalue weighted by molar-refractivity contribution is 5.26. The molecule has 3 heterocycles. The van der Waals surface area contributed by atoms with Crippen LogP contribution >= 0.6 is 0 Å². The summed E-state index contributed by atoms with van der Waals surface area (Å²) in [6, 6.07) is 6.20. The summed E-state index contributed by atoms with van der Waals surface area (Å²) < 4.78 is 1.92. The molecule has 3 rings (SSSR count). The predicted molar refractivity (Wildman–Crippen MR) is 72.0 cm³/mol. The van der Waals surface area contributed by atoms with Gasteiger partial charge in [-0.1, -0.05) is 0 Å². The van der Waals surface area contributed by atoms with Crippen LogP contribution in [0, 0.1) is 0 Å². The van der Waals surface area contributed by atoms with Gasteiger partial charge < -0.3 is 5.73 Å². The van der Waals surface area contributed by atoms with Gasteiger partial charge in [0.2, 0.25) is 0 Å². The maximum atomic E-state index is 5.59. The summed E-state index contributed by atoms with van der Waals surface area (Å²) in [7, 11) is 1.98. The van der Waals surface area contributed by atoms with Crippen molar-refractivity contribution in [2.75, 3.05) is 12.3 Å². The molecule has 6 heteroatoms. The predicted octanol–water partition coefficient (Wildman–Crippen LogP) is 1.13. The van der Waals surface area contributed by atoms with Crippen molar-refractivity contribution in [3.63, 3.8) is 0 Å². The van der Waals surface area contributed by atoms with E-state index in [4.69, 9.17) is 5.73 Å². The number of hydrogen-bond acceptors (Lipinski definition) is 5. The van der Waals surface area contributed by atoms with Crippen LogP contribution in [0.1, 0.15) is 30.3 Å². The van der Waals surface area contributed by atoms with E-state index in [1.807, 2.05) is 30.1 Å². The number of nitrogens with two attached hydrogens (primary N) is 1. The molecule has 0 aliphatic carbocycles. The number of aryl methyl sites for hydroxylation is 1. The average molecular weight is 258 g/mol. The number of nitrogen functional groups attached to an aromatic ring is 1. The second-order valence-corrected chi connectivity index (χ2v) is 4.96. The zero-order chi connectivity index (χ0) is 13.2. The highest BCUT2D eigenvalue weighted by Crippen LogP contribution is 2.31. The Balaban J connectivity index is 1.78. The second-order valence-electron chi connectivity index (χ2n) is 4.96. The standard InChI is InChI=1S/C13H18N6/c1-18-10(6-7-15-18)9-19-8-2-3-12(19)11-4-5-13(14)17-16-11/h4-7,12H,2-3,8-9H2,1H3,(H2,14,17). The van der Waals surface area contributed by atoms with Gasteiger partial charge >= 0.3 is 0 Å². The summed E-state index contributed by atoms with van der Waals surface area (Å²) in [6.45, 7) is 1.98. The smallest absolute Gasteiger partial charge is 0.146 e. The van der Waals surface area contributed by atoms with Crippen molar-refractivity contribution < 1.29 is 0 Å². The first-order valence-electron chi connectivity index (χ1n) is 6.54. The number of rotatable bonds is 3. The largest absolute Gasteiger partial charge is 0.382 e. The Morgan fingerprint density at radius 1 is 1.32 bits per heavy atom. The molecule has 1 fully saturated rings. The first-order valence-corrected chi connectivity index (χ1v) is 6.54. The zero-order valence-corrected chi connectivity index (χ0v) is 11.0. The van der Waals surface area contributed by atoms with E-state index in [1.54, 1.807) is 0 Å². The monoisotopic (exact) mass is 258 g/mol. The van der Waals surface area contributed by atoms with Crippen LogP contribution in [0.3, 0.4) is 0 Å². The highest BCUT2D eigenvalue weighted by Gasteiger charge is 2.27. The van der Waals surface area contributed by atoms with Crippen LogP contribution in [0.15, 0.2) is 24.4 Å². The quantitative estimate of drug-likeness (QED) is 0.893. The van der Waals surface area contributed by atoms with Crippen molar-refractivity contribution >= 4 is 5.82 Å². The van der Waals surface area contributed by atoms with Gasteiger partial charge in [-0.3, -0.25) is 9.58 Å². The van der Waals surface area contributed by atoms with E-state index < -0.39 is 0 Å². The minimum Gasteiger partial charge on any atom is -0.382 e. The Bertz CT molecular complexity index is 547. The molecule has 19 heavy (non-hydrogen) atoms. The molecule has 0 spiro atoms. The molecule has 0 saturated carbocycles. The Kier molecular flexibility index (Phi) is 3.16. The summed E-state index contributed by atoms with van der Waals surface area (Å²) in [5.41, 5.74) is 7.82. The molecule has 0 aromatic carbocycles. The molecule has 1 aliphatic heterocycles. The minimum absolute atomic E-state index is 0.336. The summed E-state index contributed by atoms with van der Waals surface area (Å²) in [5.74, 6) is 0.472. The van der Waals surface area contributed by atoms with Gasteiger partial charge in [0.05, 0.1) is 17.4 Å². The third-order valence-corrected chi connectivity index (χ3v) is 3.70. The molecule has 1 saturated heterocycles. The lowest BCUT2D eigenvalue weighted by molar-refractivity contribution is 0.237. The fourth-order valence-corrected chi connectivity index (χ4v) is 2.65. The molecule has 0 radical (unpaired) electrons. The van der Waals surface area contributed by atoms with Gasteiger partial charge in [0.25, 0.3) is 0 Å². The van der Waals surface area contributed by atoms with Crippen LogP contribution in [0.2, 0.25) is 0 Å². The molecule has 6 nitrogen and oxygen atoms in total. The molecule has 2 aromatic heterocycles. The molecule has 1 atom stereocenters. The molecule has 0 bridgehead atoms. The highest BCUT2D eigenvalue weighted by atomic mass is 15.3. The van der Waals surface area contributed by atoms with Crippen LogP contribution in [0.4, 0.5) is 5.82 Å². The number of hydrogen-bond donors (Lipinski definition) is 1. The first kappa shape index (κ1) is 12.1. The van der Waals surface area contributed by atoms with Crippen molar-refractivity contribution in [3.05, 3.63) is 35.8 Å². The van der Waals surface area contributed by atoms with E-state index >= 15 is 0 Å². The third-order valence-electron chi connectivity index (χ3n) is 3.70. The third kappa shape index (κ3) is 2.44. The van der Waals surface area contributed by atoms with Crippen LogP contribution in [0.25, 0.3) is 0 Å². The normalized spacial score (nSPS) is 19.9. The van der Waals surface area contributed by atoms with Gasteiger partial charge in [-0.15, -0.1) is 5.10 Å². The van der Waals surface area contributed by atoms with Crippen molar-refractivity contribution in [1.29, 1.82) is 0 Å². The fourth-order valence-electron chi connectivity index (χ4n) is 2.65.